The fourth-order valence-corrected chi connectivity index (χ4v) is 2.47. The summed E-state index contributed by atoms with van der Waals surface area (Å²) in [5, 5.41) is 18.9. The molecule has 3 N–H and O–H groups in total. The van der Waals surface area contributed by atoms with Gasteiger partial charge in [-0.25, -0.2) is 4.79 Å². The maximum absolute atomic E-state index is 11.7. The second-order valence-corrected chi connectivity index (χ2v) is 5.06. The summed E-state index contributed by atoms with van der Waals surface area (Å²) in [7, 11) is 2.39. The Balaban J connectivity index is 0.000000956. The van der Waals surface area contributed by atoms with Crippen LogP contribution >= 0.6 is 9.24 Å². The molecular formula is C12H21N2O5P. The zero-order valence-corrected chi connectivity index (χ0v) is 12.9. The van der Waals surface area contributed by atoms with Crippen molar-refractivity contribution in [1.82, 2.24) is 9.55 Å². The molecule has 2 rings (SSSR count). The lowest BCUT2D eigenvalue weighted by molar-refractivity contribution is -0.0457. The van der Waals surface area contributed by atoms with Crippen LogP contribution < -0.4 is 11.2 Å². The molecule has 5 unspecified atom stereocenters. The molecule has 1 fully saturated rings. The molecule has 8 heteroatoms. The molecule has 0 bridgehead atoms. The largest absolute Gasteiger partial charge is 0.394 e. The summed E-state index contributed by atoms with van der Waals surface area (Å²) in [6.45, 7) is 5.24. The van der Waals surface area contributed by atoms with Crippen molar-refractivity contribution in [1.29, 1.82) is 0 Å². The van der Waals surface area contributed by atoms with Gasteiger partial charge >= 0.3 is 5.69 Å². The van der Waals surface area contributed by atoms with Crippen LogP contribution in [0.5, 0.6) is 0 Å². The van der Waals surface area contributed by atoms with Crippen LogP contribution in [-0.4, -0.2) is 44.2 Å². The summed E-state index contributed by atoms with van der Waals surface area (Å²) in [5.41, 5.74) is -1.12. The maximum Gasteiger partial charge on any atom is 0.330 e. The van der Waals surface area contributed by atoms with E-state index in [4.69, 9.17) is 9.84 Å². The number of aliphatic hydroxyl groups excluding tert-OH is 2. The van der Waals surface area contributed by atoms with Crippen LogP contribution in [0.15, 0.2) is 15.8 Å². The number of ether oxygens (including phenoxy) is 1. The molecule has 0 aliphatic carbocycles. The molecule has 1 aliphatic rings. The van der Waals surface area contributed by atoms with Gasteiger partial charge < -0.3 is 14.9 Å². The van der Waals surface area contributed by atoms with Gasteiger partial charge in [-0.2, -0.15) is 0 Å². The van der Waals surface area contributed by atoms with Crippen LogP contribution in [0.1, 0.15) is 25.6 Å². The summed E-state index contributed by atoms with van der Waals surface area (Å²) in [6.07, 6.45) is -0.971. The lowest BCUT2D eigenvalue weighted by Gasteiger charge is -2.18. The highest BCUT2D eigenvalue weighted by molar-refractivity contribution is 7.17. The molecule has 0 saturated carbocycles. The average Bonchev–Trinajstić information content (AvgIpc) is 2.73. The summed E-state index contributed by atoms with van der Waals surface area (Å²) in [6, 6.07) is 0. The Morgan fingerprint density at radius 2 is 2.05 bits per heavy atom. The van der Waals surface area contributed by atoms with E-state index < -0.39 is 35.3 Å². The quantitative estimate of drug-likeness (QED) is 0.631. The van der Waals surface area contributed by atoms with Crippen LogP contribution in [0, 0.1) is 6.92 Å². The summed E-state index contributed by atoms with van der Waals surface area (Å²) in [4.78, 5) is 25.1. The number of nitrogens with one attached hydrogen (secondary N) is 1. The first kappa shape index (κ1) is 17.0. The van der Waals surface area contributed by atoms with Gasteiger partial charge in [-0.05, 0) is 6.92 Å². The predicted molar refractivity (Wildman–Crippen MR) is 77.9 cm³/mol. The number of hydrogen-bond donors (Lipinski definition) is 3. The highest BCUT2D eigenvalue weighted by Crippen LogP contribution is 2.33. The monoisotopic (exact) mass is 304 g/mol. The van der Waals surface area contributed by atoms with E-state index in [0.717, 1.165) is 0 Å². The van der Waals surface area contributed by atoms with Gasteiger partial charge in [-0.1, -0.05) is 13.8 Å². The Hall–Kier alpha value is -1.01. The molecule has 1 aromatic rings. The van der Waals surface area contributed by atoms with E-state index in [-0.39, 0.29) is 6.61 Å². The fraction of sp³-hybridized carbons (Fsp3) is 0.667. The topological polar surface area (TPSA) is 105 Å². The van der Waals surface area contributed by atoms with Gasteiger partial charge in [0.15, 0.2) is 0 Å². The number of aromatic amines is 1. The smallest absolute Gasteiger partial charge is 0.330 e. The third-order valence-electron chi connectivity index (χ3n) is 3.02. The first-order chi connectivity index (χ1) is 9.45. The fourth-order valence-electron chi connectivity index (χ4n) is 1.94. The van der Waals surface area contributed by atoms with Crippen LogP contribution in [0.25, 0.3) is 0 Å². The van der Waals surface area contributed by atoms with Gasteiger partial charge in [0, 0.05) is 17.4 Å². The van der Waals surface area contributed by atoms with Crippen molar-refractivity contribution in [3.63, 3.8) is 0 Å². The molecule has 2 heterocycles. The SMILES string of the molecule is CC.Cc1cn(C2OC(CO)C(O)C2P)c(=O)[nH]c1=O. The lowest BCUT2D eigenvalue weighted by atomic mass is 10.2. The molecule has 1 saturated heterocycles. The van der Waals surface area contributed by atoms with Crippen molar-refractivity contribution >= 4 is 9.24 Å². The number of rotatable bonds is 2. The second kappa shape index (κ2) is 7.13. The maximum atomic E-state index is 11.7. The van der Waals surface area contributed by atoms with Crippen LogP contribution in [0.4, 0.5) is 0 Å². The van der Waals surface area contributed by atoms with Crippen molar-refractivity contribution in [2.24, 2.45) is 0 Å². The van der Waals surface area contributed by atoms with Crippen molar-refractivity contribution in [3.05, 3.63) is 32.6 Å². The van der Waals surface area contributed by atoms with E-state index in [0.29, 0.717) is 5.56 Å². The molecular weight excluding hydrogens is 283 g/mol. The Morgan fingerprint density at radius 1 is 1.45 bits per heavy atom. The first-order valence-electron chi connectivity index (χ1n) is 6.47. The van der Waals surface area contributed by atoms with Gasteiger partial charge in [-0.3, -0.25) is 14.3 Å². The van der Waals surface area contributed by atoms with E-state index in [9.17, 15) is 14.7 Å². The Labute approximate surface area is 118 Å². The van der Waals surface area contributed by atoms with Crippen molar-refractivity contribution in [2.45, 2.75) is 44.9 Å². The average molecular weight is 304 g/mol. The highest BCUT2D eigenvalue weighted by atomic mass is 31.0. The summed E-state index contributed by atoms with van der Waals surface area (Å²) < 4.78 is 6.63. The molecule has 7 nitrogen and oxygen atoms in total. The van der Waals surface area contributed by atoms with Crippen LogP contribution in [0.2, 0.25) is 0 Å². The third kappa shape index (κ3) is 3.17. The molecule has 0 spiro atoms. The molecule has 1 aromatic heterocycles. The van der Waals surface area contributed by atoms with Gasteiger partial charge in [0.25, 0.3) is 5.56 Å². The lowest BCUT2D eigenvalue weighted by Crippen LogP contribution is -2.36. The Bertz CT molecular complexity index is 556. The minimum Gasteiger partial charge on any atom is -0.394 e. The van der Waals surface area contributed by atoms with Gasteiger partial charge in [0.05, 0.1) is 12.7 Å². The number of aryl methyl sites for hydroxylation is 1. The molecule has 0 aromatic carbocycles. The number of nitrogens with zero attached hydrogens (tertiary/aromatic N) is 1. The molecule has 20 heavy (non-hydrogen) atoms. The number of hydrogen-bond acceptors (Lipinski definition) is 5. The predicted octanol–water partition coefficient (Wildman–Crippen LogP) is -0.634. The first-order valence-corrected chi connectivity index (χ1v) is 7.14. The van der Waals surface area contributed by atoms with Gasteiger partial charge in [-0.15, -0.1) is 9.24 Å². The normalized spacial score (nSPS) is 28.9. The van der Waals surface area contributed by atoms with Crippen LogP contribution in [-0.2, 0) is 4.74 Å². The van der Waals surface area contributed by atoms with E-state index in [1.54, 1.807) is 6.92 Å². The van der Waals surface area contributed by atoms with Gasteiger partial charge in [0.2, 0.25) is 0 Å². The highest BCUT2D eigenvalue weighted by Gasteiger charge is 2.42. The van der Waals surface area contributed by atoms with E-state index in [1.807, 2.05) is 13.8 Å². The molecule has 1 aliphatic heterocycles. The zero-order valence-electron chi connectivity index (χ0n) is 11.7. The third-order valence-corrected chi connectivity index (χ3v) is 3.74. The molecule has 114 valence electrons. The minimum atomic E-state index is -0.885. The van der Waals surface area contributed by atoms with Gasteiger partial charge in [0.1, 0.15) is 12.3 Å². The minimum absolute atomic E-state index is 0.334. The zero-order chi connectivity index (χ0) is 15.4. The molecule has 0 radical (unpaired) electrons. The molecule has 5 atom stereocenters. The summed E-state index contributed by atoms with van der Waals surface area (Å²) in [5.74, 6) is 0. The second-order valence-electron chi connectivity index (χ2n) is 4.29. The number of aromatic nitrogens is 2. The Kier molecular flexibility index (Phi) is 6.07. The van der Waals surface area contributed by atoms with E-state index in [2.05, 4.69) is 14.2 Å². The van der Waals surface area contributed by atoms with Crippen LogP contribution in [0.3, 0.4) is 0 Å². The van der Waals surface area contributed by atoms with E-state index in [1.165, 1.54) is 10.8 Å². The molecule has 0 amide bonds. The van der Waals surface area contributed by atoms with Crippen molar-refractivity contribution in [3.8, 4) is 0 Å². The van der Waals surface area contributed by atoms with E-state index >= 15 is 0 Å². The van der Waals surface area contributed by atoms with Crippen molar-refractivity contribution < 1.29 is 14.9 Å². The number of aliphatic hydroxyl groups is 2. The Morgan fingerprint density at radius 3 is 2.55 bits per heavy atom. The summed E-state index contributed by atoms with van der Waals surface area (Å²) >= 11 is 0. The number of H-pyrrole nitrogens is 1. The van der Waals surface area contributed by atoms with Crippen molar-refractivity contribution in [2.75, 3.05) is 6.61 Å². The standard InChI is InChI=1S/C10H15N2O5P.C2H6/c1-4-2-12(10(16)11-8(4)15)9-7(18)6(14)5(3-13)17-9;1-2/h2,5-7,9,13-14H,3,18H2,1H3,(H,11,15,16);1-2H3.